The smallest absolute Gasteiger partial charge is 0.115 e. The molecular formula is C13H16ClNO. The summed E-state index contributed by atoms with van der Waals surface area (Å²) in [5, 5.41) is 11.4. The van der Waals surface area contributed by atoms with Crippen molar-refractivity contribution in [3.8, 4) is 0 Å². The minimum absolute atomic E-state index is 0.543. The molecule has 0 bridgehead atoms. The summed E-state index contributed by atoms with van der Waals surface area (Å²) < 4.78 is 1.92. The third-order valence-corrected chi connectivity index (χ3v) is 3.66. The molecule has 0 aliphatic rings. The SMILES string of the molecule is Cc1cc2c(C(C)O)c(Cl)n(C)c2cc1C. The third kappa shape index (κ3) is 1.53. The maximum atomic E-state index is 9.78. The van der Waals surface area contributed by atoms with Gasteiger partial charge in [-0.3, -0.25) is 0 Å². The van der Waals surface area contributed by atoms with Gasteiger partial charge in [-0.25, -0.2) is 0 Å². The first-order chi connectivity index (χ1) is 7.43. The quantitative estimate of drug-likeness (QED) is 0.807. The maximum Gasteiger partial charge on any atom is 0.115 e. The molecule has 0 amide bonds. The predicted octanol–water partition coefficient (Wildman–Crippen LogP) is 3.50. The number of aromatic nitrogens is 1. The van der Waals surface area contributed by atoms with Gasteiger partial charge in [0.15, 0.2) is 0 Å². The minimum Gasteiger partial charge on any atom is -0.389 e. The number of aliphatic hydroxyl groups excluding tert-OH is 1. The van der Waals surface area contributed by atoms with Crippen LogP contribution >= 0.6 is 11.6 Å². The van der Waals surface area contributed by atoms with Crippen molar-refractivity contribution >= 4 is 22.5 Å². The van der Waals surface area contributed by atoms with E-state index in [1.165, 1.54) is 11.1 Å². The Balaban J connectivity index is 2.91. The Morgan fingerprint density at radius 3 is 2.38 bits per heavy atom. The molecule has 1 aromatic heterocycles. The van der Waals surface area contributed by atoms with E-state index < -0.39 is 6.10 Å². The molecule has 2 nitrogen and oxygen atoms in total. The van der Waals surface area contributed by atoms with E-state index in [4.69, 9.17) is 11.6 Å². The van der Waals surface area contributed by atoms with Crippen molar-refractivity contribution in [2.75, 3.05) is 0 Å². The van der Waals surface area contributed by atoms with Gasteiger partial charge >= 0.3 is 0 Å². The van der Waals surface area contributed by atoms with Crippen molar-refractivity contribution in [1.82, 2.24) is 4.57 Å². The summed E-state index contributed by atoms with van der Waals surface area (Å²) in [6.07, 6.45) is -0.543. The van der Waals surface area contributed by atoms with Gasteiger partial charge in [0, 0.05) is 23.5 Å². The topological polar surface area (TPSA) is 25.2 Å². The van der Waals surface area contributed by atoms with Gasteiger partial charge in [-0.05, 0) is 44.0 Å². The number of hydrogen-bond donors (Lipinski definition) is 1. The summed E-state index contributed by atoms with van der Waals surface area (Å²) in [4.78, 5) is 0. The molecule has 2 rings (SSSR count). The van der Waals surface area contributed by atoms with Gasteiger partial charge in [0.2, 0.25) is 0 Å². The van der Waals surface area contributed by atoms with E-state index in [1.807, 2.05) is 11.6 Å². The molecule has 1 N–H and O–H groups in total. The monoisotopic (exact) mass is 237 g/mol. The molecule has 1 atom stereocenters. The number of hydrogen-bond acceptors (Lipinski definition) is 1. The van der Waals surface area contributed by atoms with Crippen LogP contribution in [0.25, 0.3) is 10.9 Å². The summed E-state index contributed by atoms with van der Waals surface area (Å²) in [6, 6.07) is 4.21. The first-order valence-corrected chi connectivity index (χ1v) is 5.74. The summed E-state index contributed by atoms with van der Waals surface area (Å²) >= 11 is 6.24. The number of rotatable bonds is 1. The fourth-order valence-corrected chi connectivity index (χ4v) is 2.44. The lowest BCUT2D eigenvalue weighted by atomic mass is 10.0. The van der Waals surface area contributed by atoms with E-state index in [0.717, 1.165) is 16.5 Å². The lowest BCUT2D eigenvalue weighted by Gasteiger charge is -2.04. The van der Waals surface area contributed by atoms with Gasteiger partial charge in [0.05, 0.1) is 6.10 Å². The zero-order chi connectivity index (χ0) is 12.0. The molecule has 3 heteroatoms. The van der Waals surface area contributed by atoms with E-state index in [1.54, 1.807) is 6.92 Å². The fourth-order valence-electron chi connectivity index (χ4n) is 2.09. The summed E-state index contributed by atoms with van der Waals surface area (Å²) in [7, 11) is 1.92. The average molecular weight is 238 g/mol. The van der Waals surface area contributed by atoms with Crippen molar-refractivity contribution in [3.05, 3.63) is 34.0 Å². The Morgan fingerprint density at radius 1 is 1.25 bits per heavy atom. The van der Waals surface area contributed by atoms with Gasteiger partial charge in [0.1, 0.15) is 5.15 Å². The lowest BCUT2D eigenvalue weighted by molar-refractivity contribution is 0.201. The van der Waals surface area contributed by atoms with Crippen LogP contribution in [0.4, 0.5) is 0 Å². The zero-order valence-corrected chi connectivity index (χ0v) is 10.8. The highest BCUT2D eigenvalue weighted by atomic mass is 35.5. The molecule has 86 valence electrons. The highest BCUT2D eigenvalue weighted by molar-refractivity contribution is 6.32. The molecular weight excluding hydrogens is 222 g/mol. The number of nitrogens with zero attached hydrogens (tertiary/aromatic N) is 1. The summed E-state index contributed by atoms with van der Waals surface area (Å²) in [6.45, 7) is 5.90. The number of aliphatic hydroxyl groups is 1. The largest absolute Gasteiger partial charge is 0.389 e. The normalized spacial score (nSPS) is 13.4. The van der Waals surface area contributed by atoms with Crippen LogP contribution < -0.4 is 0 Å². The summed E-state index contributed by atoms with van der Waals surface area (Å²) in [5.74, 6) is 0. The fraction of sp³-hybridized carbons (Fsp3) is 0.385. The Morgan fingerprint density at radius 2 is 1.81 bits per heavy atom. The number of aryl methyl sites for hydroxylation is 3. The van der Waals surface area contributed by atoms with Crippen LogP contribution in [0.2, 0.25) is 5.15 Å². The Hall–Kier alpha value is -0.990. The lowest BCUT2D eigenvalue weighted by Crippen LogP contribution is -1.91. The van der Waals surface area contributed by atoms with Crippen molar-refractivity contribution < 1.29 is 5.11 Å². The van der Waals surface area contributed by atoms with Crippen LogP contribution in [0.15, 0.2) is 12.1 Å². The van der Waals surface area contributed by atoms with Crippen molar-refractivity contribution in [2.45, 2.75) is 26.9 Å². The van der Waals surface area contributed by atoms with Gasteiger partial charge in [0.25, 0.3) is 0 Å². The number of benzene rings is 1. The first kappa shape index (κ1) is 11.5. The van der Waals surface area contributed by atoms with Crippen LogP contribution in [0.5, 0.6) is 0 Å². The summed E-state index contributed by atoms with van der Waals surface area (Å²) in [5.41, 5.74) is 4.35. The van der Waals surface area contributed by atoms with Gasteiger partial charge in [-0.15, -0.1) is 0 Å². The van der Waals surface area contributed by atoms with E-state index in [0.29, 0.717) is 5.15 Å². The average Bonchev–Trinajstić information content (AvgIpc) is 2.42. The molecule has 0 fully saturated rings. The Labute approximate surface area is 100 Å². The molecule has 1 aromatic carbocycles. The molecule has 16 heavy (non-hydrogen) atoms. The highest BCUT2D eigenvalue weighted by Gasteiger charge is 2.17. The molecule has 1 heterocycles. The van der Waals surface area contributed by atoms with E-state index in [2.05, 4.69) is 26.0 Å². The van der Waals surface area contributed by atoms with Crippen LogP contribution in [-0.4, -0.2) is 9.67 Å². The van der Waals surface area contributed by atoms with Crippen LogP contribution in [0, 0.1) is 13.8 Å². The van der Waals surface area contributed by atoms with Crippen molar-refractivity contribution in [2.24, 2.45) is 7.05 Å². The van der Waals surface area contributed by atoms with E-state index in [9.17, 15) is 5.11 Å². The number of halogens is 1. The van der Waals surface area contributed by atoms with Gasteiger partial charge in [-0.1, -0.05) is 11.6 Å². The third-order valence-electron chi connectivity index (χ3n) is 3.20. The van der Waals surface area contributed by atoms with E-state index in [-0.39, 0.29) is 0 Å². The van der Waals surface area contributed by atoms with Gasteiger partial charge < -0.3 is 9.67 Å². The Kier molecular flexibility index (Phi) is 2.72. The second kappa shape index (κ2) is 3.79. The molecule has 0 aliphatic heterocycles. The molecule has 0 radical (unpaired) electrons. The molecule has 2 aromatic rings. The minimum atomic E-state index is -0.543. The van der Waals surface area contributed by atoms with Crippen LogP contribution in [0.1, 0.15) is 29.7 Å². The van der Waals surface area contributed by atoms with Crippen molar-refractivity contribution in [1.29, 1.82) is 0 Å². The predicted molar refractivity (Wildman–Crippen MR) is 68.0 cm³/mol. The second-order valence-electron chi connectivity index (χ2n) is 4.39. The molecule has 0 saturated carbocycles. The Bertz CT molecular complexity index is 555. The second-order valence-corrected chi connectivity index (χ2v) is 4.75. The van der Waals surface area contributed by atoms with Crippen LogP contribution in [-0.2, 0) is 7.05 Å². The first-order valence-electron chi connectivity index (χ1n) is 5.36. The standard InChI is InChI=1S/C13H16ClNO/c1-7-5-10-11(6-8(7)2)15(4)13(14)12(10)9(3)16/h5-6,9,16H,1-4H3. The molecule has 1 unspecified atom stereocenters. The van der Waals surface area contributed by atoms with Crippen LogP contribution in [0.3, 0.4) is 0 Å². The molecule has 0 spiro atoms. The number of fused-ring (bicyclic) bond motifs is 1. The molecule has 0 aliphatic carbocycles. The van der Waals surface area contributed by atoms with Gasteiger partial charge in [-0.2, -0.15) is 0 Å². The van der Waals surface area contributed by atoms with Crippen molar-refractivity contribution in [3.63, 3.8) is 0 Å². The maximum absolute atomic E-state index is 9.78. The molecule has 0 saturated heterocycles. The zero-order valence-electron chi connectivity index (χ0n) is 10.0. The highest BCUT2D eigenvalue weighted by Crippen LogP contribution is 2.34. The van der Waals surface area contributed by atoms with E-state index >= 15 is 0 Å².